The van der Waals surface area contributed by atoms with Crippen LogP contribution in [0.15, 0.2) is 23.1 Å². The summed E-state index contributed by atoms with van der Waals surface area (Å²) in [6.07, 6.45) is 11.6. The Labute approximate surface area is 184 Å². The van der Waals surface area contributed by atoms with Crippen LogP contribution in [0.1, 0.15) is 69.4 Å². The van der Waals surface area contributed by atoms with Crippen molar-refractivity contribution in [3.8, 4) is 0 Å². The number of nitrogens with one attached hydrogen (secondary N) is 1. The van der Waals surface area contributed by atoms with Crippen LogP contribution in [0, 0.1) is 5.92 Å². The molecule has 0 spiro atoms. The molecule has 2 fully saturated rings. The molecule has 1 N–H and O–H groups in total. The molecule has 30 heavy (non-hydrogen) atoms. The van der Waals surface area contributed by atoms with E-state index < -0.39 is 9.71 Å². The van der Waals surface area contributed by atoms with Gasteiger partial charge in [0, 0.05) is 36.6 Å². The molecule has 5 heteroatoms. The first-order valence-corrected chi connectivity index (χ1v) is 13.8. The Hall–Kier alpha value is -0.880. The average Bonchev–Trinajstić information content (AvgIpc) is 3.06. The summed E-state index contributed by atoms with van der Waals surface area (Å²) in [5.41, 5.74) is 3.00. The highest BCUT2D eigenvalue weighted by molar-refractivity contribution is 7.98. The normalized spacial score (nSPS) is 28.3. The summed E-state index contributed by atoms with van der Waals surface area (Å²) in [6, 6.07) is 6.41. The van der Waals surface area contributed by atoms with Crippen LogP contribution >= 0.6 is 0 Å². The number of nitrogens with zero attached hydrogens (tertiary/aromatic N) is 2. The second kappa shape index (κ2) is 9.32. The summed E-state index contributed by atoms with van der Waals surface area (Å²) >= 11 is 0. The third-order valence-corrected chi connectivity index (χ3v) is 9.71. The summed E-state index contributed by atoms with van der Waals surface area (Å²) in [5.74, 6) is 4.97. The third-order valence-electron chi connectivity index (χ3n) is 8.02. The second-order valence-corrected chi connectivity index (χ2v) is 12.4. The van der Waals surface area contributed by atoms with Crippen LogP contribution in [0.3, 0.4) is 0 Å². The van der Waals surface area contributed by atoms with Crippen molar-refractivity contribution < 1.29 is 4.21 Å². The molecule has 0 bridgehead atoms. The predicted molar refractivity (Wildman–Crippen MR) is 128 cm³/mol. The Kier molecular flexibility index (Phi) is 6.93. The number of hydrogen-bond acceptors (Lipinski definition) is 3. The van der Waals surface area contributed by atoms with Gasteiger partial charge in [0.05, 0.1) is 9.71 Å². The Bertz CT molecular complexity index is 831. The summed E-state index contributed by atoms with van der Waals surface area (Å²) in [7, 11) is -0.256. The zero-order valence-electron chi connectivity index (χ0n) is 19.1. The summed E-state index contributed by atoms with van der Waals surface area (Å²) < 4.78 is 16.7. The topological polar surface area (TPSA) is 35.6 Å². The zero-order chi connectivity index (χ0) is 21.2. The quantitative estimate of drug-likeness (QED) is 0.661. The number of benzene rings is 1. The fraction of sp³-hybridized carbons (Fsp3) is 0.720. The summed E-state index contributed by atoms with van der Waals surface area (Å²) in [6.45, 7) is 7.62. The molecule has 1 aliphatic carbocycles. The molecule has 1 aromatic carbocycles. The third kappa shape index (κ3) is 5.12. The van der Waals surface area contributed by atoms with E-state index in [4.69, 9.17) is 0 Å². The molecular weight excluding hydrogens is 390 g/mol. The molecule has 1 unspecified atom stereocenters. The maximum absolute atomic E-state index is 13.4. The van der Waals surface area contributed by atoms with Gasteiger partial charge in [0.25, 0.3) is 0 Å². The monoisotopic (exact) mass is 431 g/mol. The van der Waals surface area contributed by atoms with Gasteiger partial charge < -0.3 is 4.90 Å². The molecule has 3 aliphatic rings. The highest BCUT2D eigenvalue weighted by atomic mass is 32.2. The van der Waals surface area contributed by atoms with Gasteiger partial charge in [-0.1, -0.05) is 25.3 Å². The lowest BCUT2D eigenvalue weighted by atomic mass is 9.88. The molecule has 4 rings (SSSR count). The van der Waals surface area contributed by atoms with Crippen molar-refractivity contribution in [1.29, 1.82) is 0 Å². The van der Waals surface area contributed by atoms with Crippen LogP contribution < -0.4 is 4.72 Å². The lowest BCUT2D eigenvalue weighted by molar-refractivity contribution is 0.184. The minimum atomic E-state index is -2.46. The molecule has 2 atom stereocenters. The fourth-order valence-electron chi connectivity index (χ4n) is 5.73. The van der Waals surface area contributed by atoms with Crippen LogP contribution in [-0.2, 0) is 22.7 Å². The minimum absolute atomic E-state index is 0.220. The number of likely N-dealkylation sites (tertiary alicyclic amines) is 1. The van der Waals surface area contributed by atoms with Crippen LogP contribution in [0.4, 0.5) is 0 Å². The van der Waals surface area contributed by atoms with Crippen LogP contribution in [0.5, 0.6) is 0 Å². The van der Waals surface area contributed by atoms with Crippen molar-refractivity contribution in [3.63, 3.8) is 0 Å². The summed E-state index contributed by atoms with van der Waals surface area (Å²) in [5, 5.41) is 0. The van der Waals surface area contributed by atoms with Gasteiger partial charge in [-0.2, -0.15) is 0 Å². The van der Waals surface area contributed by atoms with E-state index in [9.17, 15) is 4.21 Å². The van der Waals surface area contributed by atoms with Crippen LogP contribution in [-0.4, -0.2) is 58.6 Å². The van der Waals surface area contributed by atoms with Gasteiger partial charge >= 0.3 is 0 Å². The Morgan fingerprint density at radius 2 is 1.97 bits per heavy atom. The number of rotatable bonds is 7. The maximum Gasteiger partial charge on any atom is 0.0533 e. The molecule has 1 saturated heterocycles. The van der Waals surface area contributed by atoms with Gasteiger partial charge in [0.2, 0.25) is 0 Å². The van der Waals surface area contributed by atoms with E-state index in [-0.39, 0.29) is 5.54 Å². The molecule has 0 aromatic heterocycles. The second-order valence-electron chi connectivity index (χ2n) is 10.3. The Morgan fingerprint density at radius 3 is 2.70 bits per heavy atom. The van der Waals surface area contributed by atoms with Gasteiger partial charge in [-0.15, -0.1) is 0 Å². The van der Waals surface area contributed by atoms with E-state index in [0.29, 0.717) is 0 Å². The van der Waals surface area contributed by atoms with Gasteiger partial charge in [0.1, 0.15) is 0 Å². The highest BCUT2D eigenvalue weighted by Crippen LogP contribution is 2.30. The first kappa shape index (κ1) is 22.3. The summed E-state index contributed by atoms with van der Waals surface area (Å²) in [4.78, 5) is 5.93. The highest BCUT2D eigenvalue weighted by Gasteiger charge is 2.33. The molecule has 168 valence electrons. The molecule has 2 heterocycles. The molecule has 2 aliphatic heterocycles. The van der Waals surface area contributed by atoms with Crippen molar-refractivity contribution in [2.75, 3.05) is 33.2 Å². The van der Waals surface area contributed by atoms with E-state index in [2.05, 4.69) is 46.5 Å². The first-order valence-electron chi connectivity index (χ1n) is 12.0. The van der Waals surface area contributed by atoms with Crippen molar-refractivity contribution in [1.82, 2.24) is 14.5 Å². The molecular formula is C25H41N3OS. The van der Waals surface area contributed by atoms with E-state index >= 15 is 0 Å². The van der Waals surface area contributed by atoms with Crippen molar-refractivity contribution in [3.05, 3.63) is 29.3 Å². The molecule has 0 radical (unpaired) electrons. The standard InChI is InChI=1S/C25H41N3OS/c1-25(13-7-16-27(25)2)14-15-26-30(3,29)24-11-10-22-12-17-28(20-23(22)18-24)19-21-8-5-4-6-9-21/h10-11,18,21H,3-9,12-17,19-20H2,1-2H3,(H,26,29)/t25-,30?/m0/s1. The lowest BCUT2D eigenvalue weighted by Gasteiger charge is -2.34. The lowest BCUT2D eigenvalue weighted by Crippen LogP contribution is -2.41. The number of fused-ring (bicyclic) bond motifs is 1. The predicted octanol–water partition coefficient (Wildman–Crippen LogP) is 4.08. The molecule has 0 amide bonds. The van der Waals surface area contributed by atoms with E-state index in [1.807, 2.05) is 6.07 Å². The van der Waals surface area contributed by atoms with Crippen molar-refractivity contribution in [2.24, 2.45) is 5.92 Å². The van der Waals surface area contributed by atoms with Gasteiger partial charge in [-0.05, 0) is 94.1 Å². The average molecular weight is 432 g/mol. The van der Waals surface area contributed by atoms with E-state index in [1.165, 1.54) is 69.2 Å². The van der Waals surface area contributed by atoms with Crippen LogP contribution in [0.25, 0.3) is 0 Å². The smallest absolute Gasteiger partial charge is 0.0533 e. The molecule has 1 aromatic rings. The zero-order valence-corrected chi connectivity index (χ0v) is 19.9. The molecule has 4 nitrogen and oxygen atoms in total. The minimum Gasteiger partial charge on any atom is -0.301 e. The van der Waals surface area contributed by atoms with Gasteiger partial charge in [-0.3, -0.25) is 4.90 Å². The van der Waals surface area contributed by atoms with Crippen molar-refractivity contribution in [2.45, 2.75) is 81.7 Å². The maximum atomic E-state index is 13.4. The van der Waals surface area contributed by atoms with Crippen molar-refractivity contribution >= 4 is 15.6 Å². The van der Waals surface area contributed by atoms with E-state index in [1.54, 1.807) is 0 Å². The molecule has 1 saturated carbocycles. The SMILES string of the molecule is C=S(=O)(NCC[C@]1(C)CCCN1C)c1ccc2c(c1)CN(CC1CCCCC1)CC2. The van der Waals surface area contributed by atoms with E-state index in [0.717, 1.165) is 43.3 Å². The fourth-order valence-corrected chi connectivity index (χ4v) is 6.95. The largest absolute Gasteiger partial charge is 0.301 e. The van der Waals surface area contributed by atoms with Gasteiger partial charge in [-0.25, -0.2) is 8.93 Å². The Balaban J connectivity index is 1.37. The van der Waals surface area contributed by atoms with Gasteiger partial charge in [0.15, 0.2) is 0 Å². The Morgan fingerprint density at radius 1 is 1.17 bits per heavy atom. The number of hydrogen-bond donors (Lipinski definition) is 1. The first-order chi connectivity index (χ1) is 14.4. The van der Waals surface area contributed by atoms with Crippen LogP contribution in [0.2, 0.25) is 0 Å².